The van der Waals surface area contributed by atoms with E-state index in [1.807, 2.05) is 62.6 Å². The summed E-state index contributed by atoms with van der Waals surface area (Å²) in [5.41, 5.74) is 7.27. The van der Waals surface area contributed by atoms with Crippen molar-refractivity contribution in [1.29, 1.82) is 0 Å². The number of rotatable bonds is 3. The Hall–Kier alpha value is -2.65. The van der Waals surface area contributed by atoms with Crippen LogP contribution in [0.1, 0.15) is 61.1 Å². The van der Waals surface area contributed by atoms with Crippen LogP contribution in [0, 0.1) is 20.8 Å². The van der Waals surface area contributed by atoms with Crippen molar-refractivity contribution in [2.75, 3.05) is 6.61 Å². The zero-order valence-electron chi connectivity index (χ0n) is 24.2. The van der Waals surface area contributed by atoms with Gasteiger partial charge in [-0.15, -0.1) is 0 Å². The third-order valence-electron chi connectivity index (χ3n) is 4.50. The van der Waals surface area contributed by atoms with Gasteiger partial charge >= 0.3 is 51.4 Å². The second-order valence-electron chi connectivity index (χ2n) is 7.80. The Morgan fingerprint density at radius 3 is 1.68 bits per heavy atom. The number of nitrogens with two attached hydrogens (primary N) is 1. The fourth-order valence-electron chi connectivity index (χ4n) is 2.69. The Morgan fingerprint density at radius 1 is 0.878 bits per heavy atom. The van der Waals surface area contributed by atoms with E-state index in [4.69, 9.17) is 15.5 Å². The van der Waals surface area contributed by atoms with Gasteiger partial charge in [0.1, 0.15) is 11.4 Å². The summed E-state index contributed by atoms with van der Waals surface area (Å²) in [5.74, 6) is 3.52. The summed E-state index contributed by atoms with van der Waals surface area (Å²) >= 11 is 0. The van der Waals surface area contributed by atoms with Gasteiger partial charge in [-0.2, -0.15) is 0 Å². The van der Waals surface area contributed by atoms with Gasteiger partial charge in [0, 0.05) is 38.3 Å². The Morgan fingerprint density at radius 2 is 1.32 bits per heavy atom. The first-order valence-electron chi connectivity index (χ1n) is 11.7. The summed E-state index contributed by atoms with van der Waals surface area (Å²) in [6.07, 6.45) is 7.07. The van der Waals surface area contributed by atoms with Crippen molar-refractivity contribution < 1.29 is 77.2 Å². The number of H-pyrrole nitrogens is 1. The van der Waals surface area contributed by atoms with Crippen LogP contribution in [0.4, 0.5) is 0 Å². The minimum atomic E-state index is 0. The van der Waals surface area contributed by atoms with E-state index in [0.29, 0.717) is 17.1 Å². The molecule has 0 saturated heterocycles. The van der Waals surface area contributed by atoms with E-state index in [-0.39, 0.29) is 76.7 Å². The molecule has 0 saturated carbocycles. The second kappa shape index (κ2) is 27.5. The molecule has 0 fully saturated rings. The zero-order chi connectivity index (χ0) is 28.9. The molecule has 0 aliphatic rings. The van der Waals surface area contributed by atoms with Crippen LogP contribution in [0.25, 0.3) is 11.4 Å². The van der Waals surface area contributed by atoms with Crippen LogP contribution in [-0.4, -0.2) is 59.0 Å². The molecule has 4 rings (SSSR count). The SMILES string of the molecule is C.C/C(=N\O)c1cc(C)ccn1.CC(=O)c1cc(C)ccn1.CCO.Cc1ccnc(-c2ccc[nH]2)c1.NO.[K+].[OH-]. The molecule has 4 aromatic heterocycles. The van der Waals surface area contributed by atoms with Crippen LogP contribution < -0.4 is 57.3 Å². The fourth-order valence-corrected chi connectivity index (χ4v) is 2.69. The fraction of sp³-hybridized carbons (Fsp3) is 0.276. The molecule has 41 heavy (non-hydrogen) atoms. The molecule has 0 atom stereocenters. The van der Waals surface area contributed by atoms with E-state index in [9.17, 15) is 4.79 Å². The van der Waals surface area contributed by atoms with Crippen molar-refractivity contribution in [3.8, 4) is 11.4 Å². The molecule has 0 bridgehead atoms. The summed E-state index contributed by atoms with van der Waals surface area (Å²) in [4.78, 5) is 26.0. The zero-order valence-corrected chi connectivity index (χ0v) is 27.3. The van der Waals surface area contributed by atoms with E-state index < -0.39 is 0 Å². The van der Waals surface area contributed by atoms with Crippen molar-refractivity contribution >= 4 is 11.5 Å². The Labute approximate surface area is 285 Å². The summed E-state index contributed by atoms with van der Waals surface area (Å²) in [6, 6.07) is 15.5. The van der Waals surface area contributed by atoms with Crippen LogP contribution in [-0.2, 0) is 0 Å². The number of oxime groups is 1. The number of aliphatic hydroxyl groups excluding tert-OH is 1. The number of carbonyl (C=O) groups excluding carboxylic acids is 1. The number of hydrogen-bond donors (Lipinski definition) is 5. The molecule has 0 spiro atoms. The molecule has 0 unspecified atom stereocenters. The molecule has 0 aliphatic carbocycles. The number of pyridine rings is 3. The summed E-state index contributed by atoms with van der Waals surface area (Å²) in [5, 5.41) is 25.6. The molecule has 0 aliphatic heterocycles. The van der Waals surface area contributed by atoms with Crippen LogP contribution in [0.15, 0.2) is 78.5 Å². The third-order valence-corrected chi connectivity index (χ3v) is 4.50. The molecule has 4 aromatic rings. The molecule has 11 nitrogen and oxygen atoms in total. The van der Waals surface area contributed by atoms with Gasteiger partial charge in [-0.3, -0.25) is 19.7 Å². The van der Waals surface area contributed by atoms with Crippen LogP contribution in [0.3, 0.4) is 0 Å². The first-order chi connectivity index (χ1) is 18.2. The molecule has 7 N–H and O–H groups in total. The van der Waals surface area contributed by atoms with Gasteiger partial charge in [-0.25, -0.2) is 5.90 Å². The summed E-state index contributed by atoms with van der Waals surface area (Å²) in [7, 11) is 0. The minimum absolute atomic E-state index is 0. The molecule has 0 radical (unpaired) electrons. The van der Waals surface area contributed by atoms with E-state index in [2.05, 4.69) is 44.0 Å². The molecule has 220 valence electrons. The molecular formula is C29H43KN6O5. The molecule has 12 heteroatoms. The van der Waals surface area contributed by atoms with Gasteiger partial charge in [-0.05, 0) is 99.8 Å². The molecule has 0 amide bonds. The number of aliphatic hydroxyl groups is 1. The first-order valence-corrected chi connectivity index (χ1v) is 11.7. The maximum Gasteiger partial charge on any atom is 1.00 e. The number of hydrogen-bond acceptors (Lipinski definition) is 10. The number of aromatic amines is 1. The van der Waals surface area contributed by atoms with Gasteiger partial charge in [0.25, 0.3) is 0 Å². The van der Waals surface area contributed by atoms with Crippen molar-refractivity contribution in [2.45, 2.75) is 49.0 Å². The molecular weight excluding hydrogens is 551 g/mol. The van der Waals surface area contributed by atoms with Gasteiger partial charge in [-0.1, -0.05) is 12.6 Å². The average Bonchev–Trinajstić information content (AvgIpc) is 3.46. The summed E-state index contributed by atoms with van der Waals surface area (Å²) < 4.78 is 0. The number of carbonyl (C=O) groups is 1. The Kier molecular flexibility index (Phi) is 30.4. The largest absolute Gasteiger partial charge is 1.00 e. The molecule has 4 heterocycles. The number of Topliss-reactive ketones (excluding diaryl/α,β-unsaturated/α-hetero) is 1. The van der Waals surface area contributed by atoms with Crippen LogP contribution >= 0.6 is 0 Å². The van der Waals surface area contributed by atoms with E-state index in [1.165, 1.54) is 12.5 Å². The Balaban J connectivity index is -0.000000225. The van der Waals surface area contributed by atoms with E-state index >= 15 is 0 Å². The van der Waals surface area contributed by atoms with Crippen LogP contribution in [0.5, 0.6) is 0 Å². The minimum Gasteiger partial charge on any atom is -0.870 e. The van der Waals surface area contributed by atoms with Crippen molar-refractivity contribution in [2.24, 2.45) is 11.1 Å². The predicted molar refractivity (Wildman–Crippen MR) is 158 cm³/mol. The summed E-state index contributed by atoms with van der Waals surface area (Å²) in [6.45, 7) is 11.1. The molecule has 0 aromatic carbocycles. The van der Waals surface area contributed by atoms with Crippen LogP contribution in [0.2, 0.25) is 0 Å². The number of aryl methyl sites for hydroxylation is 3. The maximum absolute atomic E-state index is 10.7. The number of aromatic nitrogens is 4. The van der Waals surface area contributed by atoms with E-state index in [1.54, 1.807) is 32.3 Å². The van der Waals surface area contributed by atoms with Crippen molar-refractivity contribution in [3.63, 3.8) is 0 Å². The number of ketones is 1. The second-order valence-corrected chi connectivity index (χ2v) is 7.80. The van der Waals surface area contributed by atoms with Crippen molar-refractivity contribution in [1.82, 2.24) is 19.9 Å². The quantitative estimate of drug-likeness (QED) is 0.0776. The van der Waals surface area contributed by atoms with Gasteiger partial charge in [0.15, 0.2) is 5.78 Å². The number of nitrogens with zero attached hydrogens (tertiary/aromatic N) is 4. The Bertz CT molecular complexity index is 1240. The van der Waals surface area contributed by atoms with E-state index in [0.717, 1.165) is 22.5 Å². The predicted octanol–water partition coefficient (Wildman–Crippen LogP) is 2.36. The van der Waals surface area contributed by atoms with Gasteiger partial charge in [0.2, 0.25) is 0 Å². The average molecular weight is 595 g/mol. The third kappa shape index (κ3) is 20.0. The normalized spacial score (nSPS) is 8.95. The monoisotopic (exact) mass is 594 g/mol. The van der Waals surface area contributed by atoms with Crippen molar-refractivity contribution in [3.05, 3.63) is 101 Å². The first kappa shape index (κ1) is 45.3. The number of nitrogens with one attached hydrogen (secondary N) is 1. The van der Waals surface area contributed by atoms with Gasteiger partial charge < -0.3 is 26.0 Å². The topological polar surface area (TPSA) is 201 Å². The maximum atomic E-state index is 10.7. The smallest absolute Gasteiger partial charge is 0.870 e. The van der Waals surface area contributed by atoms with Gasteiger partial charge in [0.05, 0.1) is 17.1 Å². The standard InChI is InChI=1S/C10H10N2.C8H10N2O.C8H9NO.C2H6O.CH4.K.H3NO.H2O/c1-8-4-6-12-10(7-8)9-3-2-5-11-9;1-6-3-4-9-8(5-6)7(2)10-11;1-6-3-4-9-8(5-6)7(2)10;1-2-3;;;1-2;/h2-7,11H,1H3;3-5,11H,1-2H3;3-5H,1-2H3;3H,2H2,1H3;1H4;;2H,1H2;1H2/q;;;;;+1;;/p-1/b;10-7+;;;;;;.